The number of morpholine rings is 1. The van der Waals surface area contributed by atoms with Crippen LogP contribution in [0.25, 0.3) is 27.8 Å². The summed E-state index contributed by atoms with van der Waals surface area (Å²) in [5.74, 6) is 0.957. The van der Waals surface area contributed by atoms with Gasteiger partial charge in [0.05, 0.1) is 24.2 Å². The highest BCUT2D eigenvalue weighted by molar-refractivity contribution is 5.90. The molecule has 180 valence electrons. The summed E-state index contributed by atoms with van der Waals surface area (Å²) in [6.45, 7) is 7.20. The van der Waals surface area contributed by atoms with Gasteiger partial charge < -0.3 is 15.4 Å². The maximum absolute atomic E-state index is 12.2. The summed E-state index contributed by atoms with van der Waals surface area (Å²) in [6.07, 6.45) is 0.925. The second kappa shape index (κ2) is 10.7. The van der Waals surface area contributed by atoms with E-state index in [9.17, 15) is 4.79 Å². The van der Waals surface area contributed by atoms with Gasteiger partial charge in [-0.2, -0.15) is 0 Å². The van der Waals surface area contributed by atoms with Crippen molar-refractivity contribution in [3.63, 3.8) is 0 Å². The van der Waals surface area contributed by atoms with E-state index in [2.05, 4.69) is 50.4 Å². The smallest absolute Gasteiger partial charge is 0.319 e. The number of fused-ring (bicyclic) bond motifs is 1. The fraction of sp³-hybridized carbons (Fsp3) is 0.286. The molecule has 2 amide bonds. The molecule has 2 heterocycles. The largest absolute Gasteiger partial charge is 0.379 e. The fourth-order valence-electron chi connectivity index (χ4n) is 4.53. The average Bonchev–Trinajstić information content (AvgIpc) is 3.23. The number of nitrogens with zero attached hydrogens (tertiary/aromatic N) is 3. The Bertz CT molecular complexity index is 1280. The second-order valence-corrected chi connectivity index (χ2v) is 8.80. The standard InChI is InChI=1S/C28H31N5O2/c1-21-30-26-20-23(10-13-27(26)33(21)25-6-3-2-4-7-25)22-8-11-24(12-9-22)31-28(34)29-14-5-15-32-16-18-35-19-17-32/h2-4,6-13,20H,5,14-19H2,1H3,(H2,29,31,34). The van der Waals surface area contributed by atoms with Gasteiger partial charge in [-0.05, 0) is 67.4 Å². The number of amides is 2. The molecule has 5 rings (SSSR count). The normalized spacial score (nSPS) is 14.2. The Morgan fingerprint density at radius 1 is 0.971 bits per heavy atom. The number of para-hydroxylation sites is 1. The summed E-state index contributed by atoms with van der Waals surface area (Å²) in [5.41, 5.74) is 6.09. The Labute approximate surface area is 205 Å². The fourth-order valence-corrected chi connectivity index (χ4v) is 4.53. The van der Waals surface area contributed by atoms with E-state index in [4.69, 9.17) is 9.72 Å². The summed E-state index contributed by atoms with van der Waals surface area (Å²) in [5, 5.41) is 5.86. The predicted molar refractivity (Wildman–Crippen MR) is 140 cm³/mol. The van der Waals surface area contributed by atoms with Gasteiger partial charge in [0.15, 0.2) is 0 Å². The first-order chi connectivity index (χ1) is 17.2. The molecule has 0 saturated carbocycles. The number of urea groups is 1. The molecule has 7 nitrogen and oxygen atoms in total. The molecule has 1 aliphatic heterocycles. The molecule has 0 unspecified atom stereocenters. The summed E-state index contributed by atoms with van der Waals surface area (Å²) in [7, 11) is 0. The maximum atomic E-state index is 12.2. The van der Waals surface area contributed by atoms with Gasteiger partial charge in [0.1, 0.15) is 5.82 Å². The molecule has 1 aliphatic rings. The van der Waals surface area contributed by atoms with Gasteiger partial charge in [0.2, 0.25) is 0 Å². The van der Waals surface area contributed by atoms with Crippen LogP contribution in [-0.4, -0.2) is 59.9 Å². The van der Waals surface area contributed by atoms with Gasteiger partial charge in [-0.1, -0.05) is 36.4 Å². The van der Waals surface area contributed by atoms with Crippen molar-refractivity contribution in [2.45, 2.75) is 13.3 Å². The first-order valence-electron chi connectivity index (χ1n) is 12.2. The Hall–Kier alpha value is -3.68. The summed E-state index contributed by atoms with van der Waals surface area (Å²) >= 11 is 0. The van der Waals surface area contributed by atoms with Crippen LogP contribution in [0.5, 0.6) is 0 Å². The van der Waals surface area contributed by atoms with Crippen molar-refractivity contribution in [2.24, 2.45) is 0 Å². The third-order valence-corrected chi connectivity index (χ3v) is 6.35. The molecular formula is C28H31N5O2. The van der Waals surface area contributed by atoms with Crippen molar-refractivity contribution in [1.29, 1.82) is 0 Å². The van der Waals surface area contributed by atoms with Gasteiger partial charge in [-0.15, -0.1) is 0 Å². The van der Waals surface area contributed by atoms with E-state index in [1.807, 2.05) is 49.4 Å². The summed E-state index contributed by atoms with van der Waals surface area (Å²) in [6, 6.07) is 24.4. The summed E-state index contributed by atoms with van der Waals surface area (Å²) in [4.78, 5) is 19.4. The molecule has 3 aromatic carbocycles. The molecule has 7 heteroatoms. The number of rotatable bonds is 7. The predicted octanol–water partition coefficient (Wildman–Crippen LogP) is 4.84. The van der Waals surface area contributed by atoms with E-state index in [-0.39, 0.29) is 6.03 Å². The Morgan fingerprint density at radius 2 is 1.71 bits per heavy atom. The molecule has 0 atom stereocenters. The van der Waals surface area contributed by atoms with E-state index in [1.54, 1.807) is 0 Å². The van der Waals surface area contributed by atoms with E-state index < -0.39 is 0 Å². The van der Waals surface area contributed by atoms with E-state index in [0.717, 1.165) is 78.6 Å². The topological polar surface area (TPSA) is 71.4 Å². The molecule has 1 aromatic heterocycles. The van der Waals surface area contributed by atoms with Crippen molar-refractivity contribution >= 4 is 22.8 Å². The van der Waals surface area contributed by atoms with Crippen LogP contribution in [0.3, 0.4) is 0 Å². The number of benzene rings is 3. The highest BCUT2D eigenvalue weighted by atomic mass is 16.5. The van der Waals surface area contributed by atoms with Gasteiger partial charge >= 0.3 is 6.03 Å². The van der Waals surface area contributed by atoms with Crippen molar-refractivity contribution in [2.75, 3.05) is 44.7 Å². The molecule has 35 heavy (non-hydrogen) atoms. The summed E-state index contributed by atoms with van der Waals surface area (Å²) < 4.78 is 7.54. The van der Waals surface area contributed by atoms with Crippen LogP contribution >= 0.6 is 0 Å². The lowest BCUT2D eigenvalue weighted by atomic mass is 10.0. The molecule has 1 saturated heterocycles. The van der Waals surface area contributed by atoms with Crippen LogP contribution in [0, 0.1) is 6.92 Å². The zero-order valence-electron chi connectivity index (χ0n) is 20.0. The quantitative estimate of drug-likeness (QED) is 0.380. The number of anilines is 1. The molecule has 0 radical (unpaired) electrons. The van der Waals surface area contributed by atoms with Crippen molar-refractivity contribution < 1.29 is 9.53 Å². The number of hydrogen-bond donors (Lipinski definition) is 2. The van der Waals surface area contributed by atoms with E-state index in [0.29, 0.717) is 6.54 Å². The number of aromatic nitrogens is 2. The lowest BCUT2D eigenvalue weighted by molar-refractivity contribution is 0.0375. The van der Waals surface area contributed by atoms with Crippen LogP contribution in [0.15, 0.2) is 72.8 Å². The Kier molecular flexibility index (Phi) is 7.07. The molecule has 1 fully saturated rings. The lowest BCUT2D eigenvalue weighted by Crippen LogP contribution is -2.38. The number of aryl methyl sites for hydroxylation is 1. The first-order valence-corrected chi connectivity index (χ1v) is 12.2. The highest BCUT2D eigenvalue weighted by Crippen LogP contribution is 2.28. The SMILES string of the molecule is Cc1nc2cc(-c3ccc(NC(=O)NCCCN4CCOCC4)cc3)ccc2n1-c1ccccc1. The van der Waals surface area contributed by atoms with Crippen molar-refractivity contribution in [1.82, 2.24) is 19.8 Å². The maximum Gasteiger partial charge on any atom is 0.319 e. The van der Waals surface area contributed by atoms with Gasteiger partial charge in [-0.3, -0.25) is 9.47 Å². The van der Waals surface area contributed by atoms with Crippen LogP contribution < -0.4 is 10.6 Å². The minimum atomic E-state index is -0.178. The van der Waals surface area contributed by atoms with Crippen molar-refractivity contribution in [3.8, 4) is 16.8 Å². The van der Waals surface area contributed by atoms with Gasteiger partial charge in [-0.25, -0.2) is 9.78 Å². The molecule has 4 aromatic rings. The Balaban J connectivity index is 1.19. The minimum absolute atomic E-state index is 0.178. The Morgan fingerprint density at radius 3 is 2.49 bits per heavy atom. The van der Waals surface area contributed by atoms with Gasteiger partial charge in [0.25, 0.3) is 0 Å². The number of carbonyl (C=O) groups excluding carboxylic acids is 1. The molecule has 2 N–H and O–H groups in total. The molecular weight excluding hydrogens is 438 g/mol. The number of imidazole rings is 1. The zero-order valence-corrected chi connectivity index (χ0v) is 20.0. The van der Waals surface area contributed by atoms with E-state index in [1.165, 1.54) is 0 Å². The minimum Gasteiger partial charge on any atom is -0.379 e. The number of nitrogens with one attached hydrogen (secondary N) is 2. The van der Waals surface area contributed by atoms with Crippen LogP contribution in [0.4, 0.5) is 10.5 Å². The third-order valence-electron chi connectivity index (χ3n) is 6.35. The van der Waals surface area contributed by atoms with Gasteiger partial charge in [0, 0.05) is 31.0 Å². The van der Waals surface area contributed by atoms with Crippen molar-refractivity contribution in [3.05, 3.63) is 78.6 Å². The number of hydrogen-bond acceptors (Lipinski definition) is 4. The monoisotopic (exact) mass is 469 g/mol. The second-order valence-electron chi connectivity index (χ2n) is 8.80. The molecule has 0 bridgehead atoms. The third kappa shape index (κ3) is 5.53. The number of ether oxygens (including phenoxy) is 1. The zero-order chi connectivity index (χ0) is 24.0. The first kappa shape index (κ1) is 23.1. The number of carbonyl (C=O) groups is 1. The van der Waals surface area contributed by atoms with E-state index >= 15 is 0 Å². The van der Waals surface area contributed by atoms with Crippen LogP contribution in [0.1, 0.15) is 12.2 Å². The van der Waals surface area contributed by atoms with Crippen LogP contribution in [0.2, 0.25) is 0 Å². The average molecular weight is 470 g/mol. The van der Waals surface area contributed by atoms with Crippen LogP contribution in [-0.2, 0) is 4.74 Å². The lowest BCUT2D eigenvalue weighted by Gasteiger charge is -2.26. The molecule has 0 spiro atoms. The molecule has 0 aliphatic carbocycles. The highest BCUT2D eigenvalue weighted by Gasteiger charge is 2.11.